The number of ether oxygens (including phenoxy) is 1. The van der Waals surface area contributed by atoms with Gasteiger partial charge in [-0.25, -0.2) is 4.39 Å². The van der Waals surface area contributed by atoms with Crippen molar-refractivity contribution in [1.82, 2.24) is 9.80 Å². The number of carbonyl (C=O) groups excluding carboxylic acids is 2. The Bertz CT molecular complexity index is 1250. The molecule has 0 radical (unpaired) electrons. The van der Waals surface area contributed by atoms with Crippen LogP contribution in [0, 0.1) is 11.7 Å². The van der Waals surface area contributed by atoms with Gasteiger partial charge in [0.05, 0.1) is 6.54 Å². The second kappa shape index (κ2) is 13.8. The van der Waals surface area contributed by atoms with Gasteiger partial charge in [0.15, 0.2) is 0 Å². The molecule has 3 aromatic rings. The first-order valence-electron chi connectivity index (χ1n) is 14.0. The third-order valence-corrected chi connectivity index (χ3v) is 8.51. The van der Waals surface area contributed by atoms with Crippen molar-refractivity contribution in [2.75, 3.05) is 43.0 Å². The minimum atomic E-state index is -0.483. The van der Waals surface area contributed by atoms with E-state index in [1.807, 2.05) is 22.7 Å². The first-order valence-corrected chi connectivity index (χ1v) is 15.2. The van der Waals surface area contributed by atoms with Crippen LogP contribution in [-0.4, -0.2) is 65.3 Å². The van der Waals surface area contributed by atoms with E-state index in [2.05, 4.69) is 34.5 Å². The lowest BCUT2D eigenvalue weighted by Crippen LogP contribution is -2.48. The Morgan fingerprint density at radius 2 is 1.60 bits per heavy atom. The largest absolute Gasteiger partial charge is 0.457 e. The summed E-state index contributed by atoms with van der Waals surface area (Å²) in [5.74, 6) is 3.07. The number of nitrogens with zero attached hydrogens (tertiary/aromatic N) is 2. The molecule has 2 fully saturated rings. The fraction of sp³-hybridized carbons (Fsp3) is 0.375. The van der Waals surface area contributed by atoms with Gasteiger partial charge in [-0.2, -0.15) is 11.8 Å². The number of benzene rings is 3. The van der Waals surface area contributed by atoms with Gasteiger partial charge in [0.1, 0.15) is 23.4 Å². The molecule has 2 saturated heterocycles. The zero-order valence-corrected chi connectivity index (χ0v) is 23.5. The topological polar surface area (TPSA) is 61.9 Å². The zero-order valence-electron chi connectivity index (χ0n) is 22.6. The van der Waals surface area contributed by atoms with Crippen molar-refractivity contribution in [3.8, 4) is 11.5 Å². The van der Waals surface area contributed by atoms with Crippen molar-refractivity contribution in [1.29, 1.82) is 0 Å². The molecule has 3 aromatic carbocycles. The monoisotopic (exact) mass is 561 g/mol. The maximum Gasteiger partial charge on any atom is 0.247 e. The molecule has 8 heteroatoms. The predicted molar refractivity (Wildman–Crippen MR) is 158 cm³/mol. The lowest BCUT2D eigenvalue weighted by atomic mass is 9.97. The molecule has 0 aliphatic carbocycles. The highest BCUT2D eigenvalue weighted by molar-refractivity contribution is 7.99. The first kappa shape index (κ1) is 28.2. The van der Waals surface area contributed by atoms with Gasteiger partial charge in [-0.3, -0.25) is 14.5 Å². The molecule has 2 amide bonds. The highest BCUT2D eigenvalue weighted by Gasteiger charge is 2.39. The van der Waals surface area contributed by atoms with E-state index >= 15 is 0 Å². The fourth-order valence-corrected chi connectivity index (χ4v) is 6.39. The number of rotatable bonds is 10. The van der Waals surface area contributed by atoms with Gasteiger partial charge in [0.2, 0.25) is 11.8 Å². The maximum atomic E-state index is 13.5. The van der Waals surface area contributed by atoms with E-state index < -0.39 is 6.04 Å². The van der Waals surface area contributed by atoms with Crippen LogP contribution in [-0.2, 0) is 16.0 Å². The number of anilines is 1. The van der Waals surface area contributed by atoms with Crippen molar-refractivity contribution in [3.63, 3.8) is 0 Å². The first-order chi connectivity index (χ1) is 19.5. The summed E-state index contributed by atoms with van der Waals surface area (Å²) in [7, 11) is 0. The van der Waals surface area contributed by atoms with Crippen LogP contribution < -0.4 is 10.1 Å². The van der Waals surface area contributed by atoms with E-state index in [0.717, 1.165) is 43.9 Å². The Balaban J connectivity index is 1.20. The molecular formula is C32H36FN3O3S. The minimum Gasteiger partial charge on any atom is -0.457 e. The molecule has 0 spiro atoms. The smallest absolute Gasteiger partial charge is 0.247 e. The molecule has 2 heterocycles. The molecule has 2 unspecified atom stereocenters. The number of thioether (sulfide) groups is 1. The number of nitrogens with one attached hydrogen (secondary N) is 1. The molecule has 0 bridgehead atoms. The number of aryl methyl sites for hydroxylation is 1. The van der Waals surface area contributed by atoms with Crippen LogP contribution in [0.25, 0.3) is 0 Å². The van der Waals surface area contributed by atoms with E-state index in [0.29, 0.717) is 42.6 Å². The number of likely N-dealkylation sites (tertiary alicyclic amines) is 1. The second-order valence-electron chi connectivity index (χ2n) is 10.5. The minimum absolute atomic E-state index is 0.0423. The van der Waals surface area contributed by atoms with Crippen LogP contribution in [0.1, 0.15) is 24.8 Å². The number of carbonyl (C=O) groups is 2. The number of hydrogen-bond acceptors (Lipinski definition) is 5. The quantitative estimate of drug-likeness (QED) is 0.337. The molecular weight excluding hydrogens is 525 g/mol. The average molecular weight is 562 g/mol. The normalized spacial score (nSPS) is 19.4. The molecule has 0 saturated carbocycles. The van der Waals surface area contributed by atoms with Crippen LogP contribution in [0.3, 0.4) is 0 Å². The van der Waals surface area contributed by atoms with Crippen molar-refractivity contribution in [2.45, 2.75) is 31.7 Å². The molecule has 1 N–H and O–H groups in total. The Morgan fingerprint density at radius 1 is 0.925 bits per heavy atom. The predicted octanol–water partition coefficient (Wildman–Crippen LogP) is 5.85. The van der Waals surface area contributed by atoms with Crippen molar-refractivity contribution >= 4 is 29.3 Å². The summed E-state index contributed by atoms with van der Waals surface area (Å²) in [5.41, 5.74) is 1.96. The Hall–Kier alpha value is -3.36. The number of hydrogen-bond donors (Lipinski definition) is 1. The van der Waals surface area contributed by atoms with Crippen molar-refractivity contribution < 1.29 is 18.7 Å². The highest BCUT2D eigenvalue weighted by atomic mass is 32.2. The Labute approximate surface area is 239 Å². The summed E-state index contributed by atoms with van der Waals surface area (Å²) in [6.07, 6.45) is 3.69. The molecule has 5 rings (SSSR count). The standard InChI is InChI=1S/C32H36FN3O3S/c33-26-9-13-28(14-10-26)39-29-15-11-27(12-16-29)34-32(38)30-21-25(8-4-7-24-5-2-1-3-6-24)22-36(30)31(37)23-35-17-19-40-20-18-35/h1-3,5-6,9-16,25,30H,4,7-8,17-23H2,(H,34,38). The second-order valence-corrected chi connectivity index (χ2v) is 11.7. The van der Waals surface area contributed by atoms with Crippen LogP contribution >= 0.6 is 11.8 Å². The number of amides is 2. The van der Waals surface area contributed by atoms with Crippen LogP contribution in [0.4, 0.5) is 10.1 Å². The SMILES string of the molecule is O=C(Nc1ccc(Oc2ccc(F)cc2)cc1)C1CC(CCCc2ccccc2)CN1C(=O)CN1CCSCC1. The molecule has 2 aliphatic heterocycles. The third-order valence-electron chi connectivity index (χ3n) is 7.57. The molecule has 2 atom stereocenters. The number of halogens is 1. The third kappa shape index (κ3) is 7.86. The van der Waals surface area contributed by atoms with E-state index in [1.165, 1.54) is 17.7 Å². The molecule has 0 aromatic heterocycles. The van der Waals surface area contributed by atoms with E-state index in [-0.39, 0.29) is 17.6 Å². The van der Waals surface area contributed by atoms with Crippen LogP contribution in [0.15, 0.2) is 78.9 Å². The Morgan fingerprint density at radius 3 is 2.30 bits per heavy atom. The van der Waals surface area contributed by atoms with Gasteiger partial charge < -0.3 is 15.0 Å². The van der Waals surface area contributed by atoms with Gasteiger partial charge in [-0.15, -0.1) is 0 Å². The summed E-state index contributed by atoms with van der Waals surface area (Å²) in [5, 5.41) is 3.02. The summed E-state index contributed by atoms with van der Waals surface area (Å²) in [4.78, 5) is 30.9. The molecule has 40 heavy (non-hydrogen) atoms. The summed E-state index contributed by atoms with van der Waals surface area (Å²) in [6, 6.07) is 22.9. The molecule has 6 nitrogen and oxygen atoms in total. The average Bonchev–Trinajstić information content (AvgIpc) is 3.41. The van der Waals surface area contributed by atoms with E-state index in [4.69, 9.17) is 4.74 Å². The van der Waals surface area contributed by atoms with Gasteiger partial charge >= 0.3 is 0 Å². The van der Waals surface area contributed by atoms with E-state index in [9.17, 15) is 14.0 Å². The van der Waals surface area contributed by atoms with Crippen molar-refractivity contribution in [2.24, 2.45) is 5.92 Å². The zero-order chi connectivity index (χ0) is 27.7. The van der Waals surface area contributed by atoms with Gasteiger partial charge in [0.25, 0.3) is 0 Å². The Kier molecular flexibility index (Phi) is 9.73. The van der Waals surface area contributed by atoms with Crippen LogP contribution in [0.2, 0.25) is 0 Å². The highest BCUT2D eigenvalue weighted by Crippen LogP contribution is 2.30. The summed E-state index contributed by atoms with van der Waals surface area (Å²) in [6.45, 7) is 2.82. The van der Waals surface area contributed by atoms with Crippen LogP contribution in [0.5, 0.6) is 11.5 Å². The lowest BCUT2D eigenvalue weighted by Gasteiger charge is -2.30. The van der Waals surface area contributed by atoms with Crippen molar-refractivity contribution in [3.05, 3.63) is 90.2 Å². The lowest BCUT2D eigenvalue weighted by molar-refractivity contribution is -0.137. The van der Waals surface area contributed by atoms with Gasteiger partial charge in [-0.05, 0) is 85.7 Å². The maximum absolute atomic E-state index is 13.5. The van der Waals surface area contributed by atoms with E-state index in [1.54, 1.807) is 36.4 Å². The van der Waals surface area contributed by atoms with Gasteiger partial charge in [-0.1, -0.05) is 30.3 Å². The fourth-order valence-electron chi connectivity index (χ4n) is 5.41. The summed E-state index contributed by atoms with van der Waals surface area (Å²) >= 11 is 1.92. The molecule has 2 aliphatic rings. The molecule has 210 valence electrons. The van der Waals surface area contributed by atoms with Gasteiger partial charge in [0, 0.05) is 36.8 Å². The summed E-state index contributed by atoms with van der Waals surface area (Å²) < 4.78 is 18.9.